The fraction of sp³-hybridized carbons (Fsp3) is 0.286. The molecule has 1 aromatic carbocycles. The predicted octanol–water partition coefficient (Wildman–Crippen LogP) is 1.74. The first-order chi connectivity index (χ1) is 9.24. The lowest BCUT2D eigenvalue weighted by Gasteiger charge is -2.23. The SMILES string of the molecule is Nc1cn[nH]c1NC(=O)C1CCc2ccccc2C1. The molecule has 1 unspecified atom stereocenters. The van der Waals surface area contributed by atoms with Crippen LogP contribution in [0.15, 0.2) is 30.5 Å². The second-order valence-corrected chi connectivity index (χ2v) is 4.90. The Balaban J connectivity index is 1.71. The largest absolute Gasteiger partial charge is 0.394 e. The first kappa shape index (κ1) is 11.8. The number of carbonyl (C=O) groups excluding carboxylic acids is 1. The number of nitrogens with two attached hydrogens (primary N) is 1. The molecule has 5 heteroatoms. The Hall–Kier alpha value is -2.30. The first-order valence-corrected chi connectivity index (χ1v) is 6.40. The van der Waals surface area contributed by atoms with E-state index in [2.05, 4.69) is 27.6 Å². The molecule has 1 atom stereocenters. The maximum Gasteiger partial charge on any atom is 0.229 e. The molecule has 1 aliphatic rings. The van der Waals surface area contributed by atoms with Crippen LogP contribution in [0.25, 0.3) is 0 Å². The number of hydrogen-bond donors (Lipinski definition) is 3. The van der Waals surface area contributed by atoms with Crippen molar-refractivity contribution in [1.29, 1.82) is 0 Å². The number of hydrogen-bond acceptors (Lipinski definition) is 3. The van der Waals surface area contributed by atoms with Gasteiger partial charge in [-0.05, 0) is 30.4 Å². The normalized spacial score (nSPS) is 17.8. The lowest BCUT2D eigenvalue weighted by atomic mass is 9.83. The zero-order valence-corrected chi connectivity index (χ0v) is 10.5. The summed E-state index contributed by atoms with van der Waals surface area (Å²) >= 11 is 0. The molecular weight excluding hydrogens is 240 g/mol. The summed E-state index contributed by atoms with van der Waals surface area (Å²) in [5, 5.41) is 9.29. The van der Waals surface area contributed by atoms with E-state index < -0.39 is 0 Å². The molecule has 98 valence electrons. The number of fused-ring (bicyclic) bond motifs is 1. The molecule has 1 amide bonds. The van der Waals surface area contributed by atoms with E-state index in [4.69, 9.17) is 5.73 Å². The van der Waals surface area contributed by atoms with Gasteiger partial charge in [-0.3, -0.25) is 9.89 Å². The molecule has 1 aromatic heterocycles. The Kier molecular flexibility index (Phi) is 2.95. The molecule has 0 spiro atoms. The number of amides is 1. The van der Waals surface area contributed by atoms with Gasteiger partial charge < -0.3 is 11.1 Å². The molecule has 0 radical (unpaired) electrons. The Morgan fingerprint density at radius 3 is 2.89 bits per heavy atom. The van der Waals surface area contributed by atoms with Crippen molar-refractivity contribution in [2.75, 3.05) is 11.1 Å². The van der Waals surface area contributed by atoms with Gasteiger partial charge in [0.2, 0.25) is 5.91 Å². The molecule has 0 fully saturated rings. The standard InChI is InChI=1S/C14H16N4O/c15-12-8-16-18-13(12)17-14(19)11-6-5-9-3-1-2-4-10(9)7-11/h1-4,8,11H,5-7,15H2,(H2,16,17,18,19). The van der Waals surface area contributed by atoms with E-state index in [1.54, 1.807) is 0 Å². The van der Waals surface area contributed by atoms with Crippen LogP contribution in [0.2, 0.25) is 0 Å². The van der Waals surface area contributed by atoms with Crippen molar-refractivity contribution < 1.29 is 4.79 Å². The van der Waals surface area contributed by atoms with Crippen LogP contribution in [0.5, 0.6) is 0 Å². The van der Waals surface area contributed by atoms with Crippen molar-refractivity contribution in [3.8, 4) is 0 Å². The second kappa shape index (κ2) is 4.76. The first-order valence-electron chi connectivity index (χ1n) is 6.40. The van der Waals surface area contributed by atoms with Crippen LogP contribution in [0.3, 0.4) is 0 Å². The highest BCUT2D eigenvalue weighted by atomic mass is 16.2. The third-order valence-electron chi connectivity index (χ3n) is 3.63. The third kappa shape index (κ3) is 2.31. The lowest BCUT2D eigenvalue weighted by molar-refractivity contribution is -0.120. The Morgan fingerprint density at radius 2 is 2.16 bits per heavy atom. The number of aromatic amines is 1. The van der Waals surface area contributed by atoms with E-state index in [-0.39, 0.29) is 11.8 Å². The van der Waals surface area contributed by atoms with Crippen LogP contribution in [0.4, 0.5) is 11.5 Å². The highest BCUT2D eigenvalue weighted by Gasteiger charge is 2.25. The maximum atomic E-state index is 12.2. The summed E-state index contributed by atoms with van der Waals surface area (Å²) in [6.45, 7) is 0. The minimum atomic E-state index is -0.00222. The van der Waals surface area contributed by atoms with E-state index in [9.17, 15) is 4.79 Å². The van der Waals surface area contributed by atoms with Gasteiger partial charge in [0.15, 0.2) is 5.82 Å². The smallest absolute Gasteiger partial charge is 0.229 e. The van der Waals surface area contributed by atoms with Gasteiger partial charge >= 0.3 is 0 Å². The average molecular weight is 256 g/mol. The number of H-pyrrole nitrogens is 1. The second-order valence-electron chi connectivity index (χ2n) is 4.90. The zero-order chi connectivity index (χ0) is 13.2. The number of aryl methyl sites for hydroxylation is 1. The van der Waals surface area contributed by atoms with Gasteiger partial charge in [0.05, 0.1) is 11.9 Å². The summed E-state index contributed by atoms with van der Waals surface area (Å²) in [5.74, 6) is 0.493. The molecule has 0 aliphatic heterocycles. The molecule has 1 heterocycles. The van der Waals surface area contributed by atoms with E-state index in [1.165, 1.54) is 17.3 Å². The number of carbonyl (C=O) groups is 1. The van der Waals surface area contributed by atoms with Crippen molar-refractivity contribution in [2.45, 2.75) is 19.3 Å². The number of nitrogens with zero attached hydrogens (tertiary/aromatic N) is 1. The van der Waals surface area contributed by atoms with Crippen molar-refractivity contribution in [3.05, 3.63) is 41.6 Å². The molecule has 0 saturated carbocycles. The summed E-state index contributed by atoms with van der Waals surface area (Å²) in [6.07, 6.45) is 4.10. The minimum absolute atomic E-state index is 0.00222. The van der Waals surface area contributed by atoms with Gasteiger partial charge in [-0.1, -0.05) is 24.3 Å². The Labute approximate surface area is 111 Å². The summed E-state index contributed by atoms with van der Waals surface area (Å²) in [4.78, 5) is 12.2. The van der Waals surface area contributed by atoms with Crippen LogP contribution in [-0.4, -0.2) is 16.1 Å². The highest BCUT2D eigenvalue weighted by Crippen LogP contribution is 2.26. The number of nitrogen functional groups attached to an aromatic ring is 1. The topological polar surface area (TPSA) is 83.8 Å². The molecule has 5 nitrogen and oxygen atoms in total. The van der Waals surface area contributed by atoms with Gasteiger partial charge in [-0.15, -0.1) is 0 Å². The minimum Gasteiger partial charge on any atom is -0.394 e. The Morgan fingerprint density at radius 1 is 1.37 bits per heavy atom. The van der Waals surface area contributed by atoms with Gasteiger partial charge in [0, 0.05) is 5.92 Å². The summed E-state index contributed by atoms with van der Waals surface area (Å²) in [5.41, 5.74) is 8.77. The quantitative estimate of drug-likeness (QED) is 0.765. The van der Waals surface area contributed by atoms with Crippen LogP contribution in [-0.2, 0) is 17.6 Å². The van der Waals surface area contributed by atoms with Crippen LogP contribution >= 0.6 is 0 Å². The maximum absolute atomic E-state index is 12.2. The fourth-order valence-corrected chi connectivity index (χ4v) is 2.54. The molecule has 0 bridgehead atoms. The third-order valence-corrected chi connectivity index (χ3v) is 3.63. The molecule has 19 heavy (non-hydrogen) atoms. The van der Waals surface area contributed by atoms with E-state index >= 15 is 0 Å². The predicted molar refractivity (Wildman–Crippen MR) is 73.6 cm³/mol. The highest BCUT2D eigenvalue weighted by molar-refractivity contribution is 5.94. The number of benzene rings is 1. The molecule has 1 aliphatic carbocycles. The number of aromatic nitrogens is 2. The van der Waals surface area contributed by atoms with E-state index in [0.29, 0.717) is 11.5 Å². The van der Waals surface area contributed by atoms with Crippen molar-refractivity contribution >= 4 is 17.4 Å². The summed E-state index contributed by atoms with van der Waals surface area (Å²) in [6, 6.07) is 8.30. The average Bonchev–Trinajstić information content (AvgIpc) is 2.84. The van der Waals surface area contributed by atoms with Crippen LogP contribution in [0.1, 0.15) is 17.5 Å². The van der Waals surface area contributed by atoms with Gasteiger partial charge in [0.25, 0.3) is 0 Å². The van der Waals surface area contributed by atoms with Crippen molar-refractivity contribution in [1.82, 2.24) is 10.2 Å². The van der Waals surface area contributed by atoms with Gasteiger partial charge in [0.1, 0.15) is 0 Å². The number of anilines is 2. The summed E-state index contributed by atoms with van der Waals surface area (Å²) < 4.78 is 0. The van der Waals surface area contributed by atoms with Gasteiger partial charge in [-0.25, -0.2) is 0 Å². The Bertz CT molecular complexity index is 605. The van der Waals surface area contributed by atoms with Crippen LogP contribution in [0, 0.1) is 5.92 Å². The van der Waals surface area contributed by atoms with E-state index in [1.807, 2.05) is 12.1 Å². The molecular formula is C14H16N4O. The fourth-order valence-electron chi connectivity index (χ4n) is 2.54. The lowest BCUT2D eigenvalue weighted by Crippen LogP contribution is -2.28. The van der Waals surface area contributed by atoms with Crippen molar-refractivity contribution in [3.63, 3.8) is 0 Å². The van der Waals surface area contributed by atoms with Crippen molar-refractivity contribution in [2.24, 2.45) is 5.92 Å². The zero-order valence-electron chi connectivity index (χ0n) is 10.5. The number of rotatable bonds is 2. The van der Waals surface area contributed by atoms with Gasteiger partial charge in [-0.2, -0.15) is 5.10 Å². The molecule has 3 rings (SSSR count). The van der Waals surface area contributed by atoms with E-state index in [0.717, 1.165) is 19.3 Å². The molecule has 0 saturated heterocycles. The summed E-state index contributed by atoms with van der Waals surface area (Å²) in [7, 11) is 0. The monoisotopic (exact) mass is 256 g/mol. The molecule has 4 N–H and O–H groups in total. The number of nitrogens with one attached hydrogen (secondary N) is 2. The molecule has 2 aromatic rings. The van der Waals surface area contributed by atoms with Crippen LogP contribution < -0.4 is 11.1 Å².